The maximum atomic E-state index is 12.2. The Bertz CT molecular complexity index is 466. The van der Waals surface area contributed by atoms with Crippen LogP contribution in [-0.2, 0) is 20.7 Å². The summed E-state index contributed by atoms with van der Waals surface area (Å²) < 4.78 is 5.27. The normalized spacial score (nSPS) is 14.4. The van der Waals surface area contributed by atoms with Gasteiger partial charge in [0.15, 0.2) is 5.78 Å². The number of ether oxygens (including phenoxy) is 1. The standard InChI is InChI=1S/C15H20ClNO3/c1-15(2,3)20-14(19)11(12(18)13(16)17)9-10-7-5-4-6-8-10/h4-8,11,13H,9,17H2,1-3H3. The fourth-order valence-electron chi connectivity index (χ4n) is 1.71. The van der Waals surface area contributed by atoms with E-state index in [1.54, 1.807) is 20.8 Å². The lowest BCUT2D eigenvalue weighted by Gasteiger charge is -2.24. The zero-order valence-corrected chi connectivity index (χ0v) is 12.7. The molecule has 2 unspecified atom stereocenters. The van der Waals surface area contributed by atoms with Gasteiger partial charge in [-0.2, -0.15) is 0 Å². The number of rotatable bonds is 5. The van der Waals surface area contributed by atoms with Crippen LogP contribution in [0.4, 0.5) is 0 Å². The second-order valence-electron chi connectivity index (χ2n) is 5.58. The average Bonchev–Trinajstić information content (AvgIpc) is 2.34. The van der Waals surface area contributed by atoms with Crippen molar-refractivity contribution in [2.24, 2.45) is 11.7 Å². The summed E-state index contributed by atoms with van der Waals surface area (Å²) in [5.41, 5.74) is 4.38. The van der Waals surface area contributed by atoms with Crippen LogP contribution in [0.25, 0.3) is 0 Å². The Morgan fingerprint density at radius 1 is 1.25 bits per heavy atom. The topological polar surface area (TPSA) is 69.4 Å². The lowest BCUT2D eigenvalue weighted by atomic mass is 9.95. The van der Waals surface area contributed by atoms with Gasteiger partial charge in [0.1, 0.15) is 17.0 Å². The molecule has 4 nitrogen and oxygen atoms in total. The summed E-state index contributed by atoms with van der Waals surface area (Å²) >= 11 is 5.62. The Labute approximate surface area is 124 Å². The molecular formula is C15H20ClNO3. The molecule has 110 valence electrons. The van der Waals surface area contributed by atoms with Crippen LogP contribution >= 0.6 is 11.6 Å². The summed E-state index contributed by atoms with van der Waals surface area (Å²) in [7, 11) is 0. The Morgan fingerprint density at radius 2 is 1.80 bits per heavy atom. The van der Waals surface area contributed by atoms with Gasteiger partial charge in [0.2, 0.25) is 0 Å². The molecule has 0 aliphatic carbocycles. The highest BCUT2D eigenvalue weighted by molar-refractivity contribution is 6.32. The number of alkyl halides is 1. The zero-order chi connectivity index (χ0) is 15.3. The predicted octanol–water partition coefficient (Wildman–Crippen LogP) is 2.28. The predicted molar refractivity (Wildman–Crippen MR) is 78.3 cm³/mol. The minimum Gasteiger partial charge on any atom is -0.459 e. The number of nitrogens with two attached hydrogens (primary N) is 1. The summed E-state index contributed by atoms with van der Waals surface area (Å²) in [5.74, 6) is -2.10. The van der Waals surface area contributed by atoms with Crippen molar-refractivity contribution in [3.63, 3.8) is 0 Å². The van der Waals surface area contributed by atoms with Crippen molar-refractivity contribution in [1.82, 2.24) is 0 Å². The Kier molecular flexibility index (Phi) is 5.72. The number of hydrogen-bond acceptors (Lipinski definition) is 4. The number of carbonyl (C=O) groups excluding carboxylic acids is 2. The minimum absolute atomic E-state index is 0.231. The van der Waals surface area contributed by atoms with Gasteiger partial charge in [-0.3, -0.25) is 9.59 Å². The summed E-state index contributed by atoms with van der Waals surface area (Å²) in [4.78, 5) is 24.2. The highest BCUT2D eigenvalue weighted by atomic mass is 35.5. The van der Waals surface area contributed by atoms with Crippen molar-refractivity contribution >= 4 is 23.4 Å². The largest absolute Gasteiger partial charge is 0.459 e. The average molecular weight is 298 g/mol. The molecule has 1 aromatic rings. The van der Waals surface area contributed by atoms with E-state index in [1.165, 1.54) is 0 Å². The van der Waals surface area contributed by atoms with Crippen molar-refractivity contribution in [2.75, 3.05) is 0 Å². The van der Waals surface area contributed by atoms with E-state index in [-0.39, 0.29) is 6.42 Å². The lowest BCUT2D eigenvalue weighted by Crippen LogP contribution is -2.40. The van der Waals surface area contributed by atoms with Crippen LogP contribution in [0.15, 0.2) is 30.3 Å². The molecule has 0 amide bonds. The van der Waals surface area contributed by atoms with Gasteiger partial charge in [-0.15, -0.1) is 0 Å². The number of Topliss-reactive ketones (excluding diaryl/α,β-unsaturated/α-hetero) is 1. The summed E-state index contributed by atoms with van der Waals surface area (Å²) in [6.07, 6.45) is 0.231. The molecule has 20 heavy (non-hydrogen) atoms. The van der Waals surface area contributed by atoms with Gasteiger partial charge in [0.25, 0.3) is 0 Å². The number of esters is 1. The summed E-state index contributed by atoms with van der Waals surface area (Å²) in [6.45, 7) is 5.24. The van der Waals surface area contributed by atoms with Crippen LogP contribution in [0.1, 0.15) is 26.3 Å². The van der Waals surface area contributed by atoms with E-state index in [9.17, 15) is 9.59 Å². The van der Waals surface area contributed by atoms with Crippen molar-refractivity contribution in [3.8, 4) is 0 Å². The molecule has 0 bridgehead atoms. The number of hydrogen-bond donors (Lipinski definition) is 1. The maximum Gasteiger partial charge on any atom is 0.317 e. The van der Waals surface area contributed by atoms with Crippen LogP contribution in [0.5, 0.6) is 0 Å². The first kappa shape index (κ1) is 16.7. The second-order valence-corrected chi connectivity index (χ2v) is 6.05. The number of ketones is 1. The van der Waals surface area contributed by atoms with Crippen LogP contribution in [0, 0.1) is 5.92 Å². The van der Waals surface area contributed by atoms with E-state index in [2.05, 4.69) is 0 Å². The Morgan fingerprint density at radius 3 is 2.25 bits per heavy atom. The molecule has 0 saturated carbocycles. The fraction of sp³-hybridized carbons (Fsp3) is 0.467. The van der Waals surface area contributed by atoms with Crippen LogP contribution in [0.2, 0.25) is 0 Å². The number of benzene rings is 1. The van der Waals surface area contributed by atoms with E-state index in [4.69, 9.17) is 22.1 Å². The van der Waals surface area contributed by atoms with Crippen molar-refractivity contribution < 1.29 is 14.3 Å². The van der Waals surface area contributed by atoms with Gasteiger partial charge in [0.05, 0.1) is 0 Å². The molecule has 0 aliphatic rings. The molecular weight excluding hydrogens is 278 g/mol. The zero-order valence-electron chi connectivity index (χ0n) is 11.9. The van der Waals surface area contributed by atoms with Gasteiger partial charge in [-0.1, -0.05) is 41.9 Å². The minimum atomic E-state index is -1.21. The third-order valence-electron chi connectivity index (χ3n) is 2.59. The molecule has 1 rings (SSSR count). The number of halogens is 1. The molecule has 0 aromatic heterocycles. The molecule has 0 radical (unpaired) electrons. The second kappa shape index (κ2) is 6.86. The van der Waals surface area contributed by atoms with Crippen molar-refractivity contribution in [3.05, 3.63) is 35.9 Å². The number of carbonyl (C=O) groups is 2. The molecule has 1 aromatic carbocycles. The molecule has 0 spiro atoms. The highest BCUT2D eigenvalue weighted by Gasteiger charge is 2.33. The van der Waals surface area contributed by atoms with E-state index >= 15 is 0 Å². The highest BCUT2D eigenvalue weighted by Crippen LogP contribution is 2.18. The molecule has 0 fully saturated rings. The van der Waals surface area contributed by atoms with Gasteiger partial charge < -0.3 is 10.5 Å². The van der Waals surface area contributed by atoms with Crippen molar-refractivity contribution in [1.29, 1.82) is 0 Å². The first-order valence-corrected chi connectivity index (χ1v) is 6.84. The van der Waals surface area contributed by atoms with Crippen molar-refractivity contribution in [2.45, 2.75) is 38.3 Å². The third kappa shape index (κ3) is 5.31. The Hall–Kier alpha value is -1.39. The molecule has 0 aliphatic heterocycles. The van der Waals surface area contributed by atoms with Crippen LogP contribution < -0.4 is 5.73 Å². The summed E-state index contributed by atoms with van der Waals surface area (Å²) in [5, 5.41) is 0. The first-order chi connectivity index (χ1) is 9.20. The summed E-state index contributed by atoms with van der Waals surface area (Å²) in [6, 6.07) is 9.22. The van der Waals surface area contributed by atoms with Gasteiger partial charge >= 0.3 is 5.97 Å². The van der Waals surface area contributed by atoms with Crippen LogP contribution in [0.3, 0.4) is 0 Å². The first-order valence-electron chi connectivity index (χ1n) is 6.41. The molecule has 2 N–H and O–H groups in total. The quantitative estimate of drug-likeness (QED) is 0.392. The van der Waals surface area contributed by atoms with E-state index in [0.29, 0.717) is 0 Å². The monoisotopic (exact) mass is 297 g/mol. The smallest absolute Gasteiger partial charge is 0.317 e. The maximum absolute atomic E-state index is 12.2. The fourth-order valence-corrected chi connectivity index (χ4v) is 1.87. The van der Waals surface area contributed by atoms with E-state index in [0.717, 1.165) is 5.56 Å². The SMILES string of the molecule is CC(C)(C)OC(=O)C(Cc1ccccc1)C(=O)C(N)Cl. The van der Waals surface area contributed by atoms with E-state index < -0.39 is 28.8 Å². The van der Waals surface area contributed by atoms with E-state index in [1.807, 2.05) is 30.3 Å². The van der Waals surface area contributed by atoms with Gasteiger partial charge in [-0.25, -0.2) is 0 Å². The van der Waals surface area contributed by atoms with Crippen LogP contribution in [-0.4, -0.2) is 22.9 Å². The molecule has 2 atom stereocenters. The Balaban J connectivity index is 2.91. The van der Waals surface area contributed by atoms with Gasteiger partial charge in [0, 0.05) is 0 Å². The molecule has 0 saturated heterocycles. The van der Waals surface area contributed by atoms with Gasteiger partial charge in [-0.05, 0) is 32.8 Å². The lowest BCUT2D eigenvalue weighted by molar-refractivity contribution is -0.162. The molecule has 5 heteroatoms. The third-order valence-corrected chi connectivity index (χ3v) is 2.80. The molecule has 0 heterocycles.